The fourth-order valence-electron chi connectivity index (χ4n) is 2.55. The van der Waals surface area contributed by atoms with Gasteiger partial charge in [-0.3, -0.25) is 14.4 Å². The number of nitrogens with zero attached hydrogens (tertiary/aromatic N) is 3. The molecule has 0 aliphatic rings. The molecule has 0 bridgehead atoms. The van der Waals surface area contributed by atoms with E-state index >= 15 is 0 Å². The lowest BCUT2D eigenvalue weighted by Gasteiger charge is -2.20. The van der Waals surface area contributed by atoms with Crippen LogP contribution in [-0.4, -0.2) is 33.7 Å². The van der Waals surface area contributed by atoms with E-state index in [2.05, 4.69) is 34.0 Å². The van der Waals surface area contributed by atoms with E-state index in [4.69, 9.17) is 0 Å². The van der Waals surface area contributed by atoms with Crippen molar-refractivity contribution in [3.05, 3.63) is 59.9 Å². The smallest absolute Gasteiger partial charge is 0.238 e. The number of benzene rings is 1. The van der Waals surface area contributed by atoms with Gasteiger partial charge in [-0.05, 0) is 19.4 Å². The minimum atomic E-state index is -0.0398. The Bertz CT molecular complexity index is 676. The number of aromatic nitrogens is 2. The third-order valence-electron chi connectivity index (χ3n) is 3.78. The number of anilines is 1. The molecule has 0 saturated heterocycles. The van der Waals surface area contributed by atoms with Gasteiger partial charge in [0.15, 0.2) is 0 Å². The summed E-state index contributed by atoms with van der Waals surface area (Å²) in [6, 6.07) is 10.1. The van der Waals surface area contributed by atoms with Crippen molar-refractivity contribution in [2.24, 2.45) is 7.05 Å². The average molecular weight is 312 g/mol. The standard InChI is InChI=1S/C18H24N4O/c1-5-11-22(12-16-9-7-6-8-10-16)13-17(23)19-18-14(2)20-21(4)15(18)3/h5-10H,1,11-13H2,2-4H3,(H,19,23). The largest absolute Gasteiger partial charge is 0.322 e. The van der Waals surface area contributed by atoms with E-state index in [1.54, 1.807) is 4.68 Å². The Morgan fingerprint density at radius 3 is 2.61 bits per heavy atom. The number of hydrogen-bond donors (Lipinski definition) is 1. The Labute approximate surface area is 137 Å². The third-order valence-corrected chi connectivity index (χ3v) is 3.78. The molecule has 0 saturated carbocycles. The Morgan fingerprint density at radius 2 is 2.04 bits per heavy atom. The first-order valence-electron chi connectivity index (χ1n) is 7.68. The maximum absolute atomic E-state index is 12.4. The van der Waals surface area contributed by atoms with Crippen LogP contribution in [0.3, 0.4) is 0 Å². The normalized spacial score (nSPS) is 10.8. The molecule has 23 heavy (non-hydrogen) atoms. The zero-order valence-electron chi connectivity index (χ0n) is 14.0. The molecule has 0 aliphatic carbocycles. The molecule has 0 fully saturated rings. The summed E-state index contributed by atoms with van der Waals surface area (Å²) in [5.41, 5.74) is 3.76. The lowest BCUT2D eigenvalue weighted by atomic mass is 10.2. The Balaban J connectivity index is 2.01. The first-order valence-corrected chi connectivity index (χ1v) is 7.68. The van der Waals surface area contributed by atoms with Crippen LogP contribution in [0.1, 0.15) is 17.0 Å². The fourth-order valence-corrected chi connectivity index (χ4v) is 2.55. The van der Waals surface area contributed by atoms with Crippen molar-refractivity contribution < 1.29 is 4.79 Å². The Hall–Kier alpha value is -2.40. The molecule has 5 nitrogen and oxygen atoms in total. The van der Waals surface area contributed by atoms with Gasteiger partial charge in [0.05, 0.1) is 23.6 Å². The van der Waals surface area contributed by atoms with Gasteiger partial charge < -0.3 is 5.32 Å². The van der Waals surface area contributed by atoms with E-state index in [0.29, 0.717) is 19.6 Å². The van der Waals surface area contributed by atoms with Gasteiger partial charge in [-0.25, -0.2) is 0 Å². The minimum absolute atomic E-state index is 0.0398. The second kappa shape index (κ2) is 7.74. The predicted octanol–water partition coefficient (Wildman–Crippen LogP) is 2.66. The van der Waals surface area contributed by atoms with Crippen LogP contribution in [0.25, 0.3) is 0 Å². The fraction of sp³-hybridized carbons (Fsp3) is 0.333. The second-order valence-electron chi connectivity index (χ2n) is 5.66. The second-order valence-corrected chi connectivity index (χ2v) is 5.66. The van der Waals surface area contributed by atoms with E-state index in [-0.39, 0.29) is 5.91 Å². The number of carbonyl (C=O) groups excluding carboxylic acids is 1. The molecule has 122 valence electrons. The van der Waals surface area contributed by atoms with Gasteiger partial charge in [-0.2, -0.15) is 5.10 Å². The van der Waals surface area contributed by atoms with Gasteiger partial charge >= 0.3 is 0 Å². The summed E-state index contributed by atoms with van der Waals surface area (Å²) in [5, 5.41) is 7.29. The topological polar surface area (TPSA) is 50.2 Å². The third kappa shape index (κ3) is 4.53. The zero-order valence-corrected chi connectivity index (χ0v) is 14.0. The van der Waals surface area contributed by atoms with E-state index in [1.165, 1.54) is 5.56 Å². The van der Waals surface area contributed by atoms with Crippen molar-refractivity contribution >= 4 is 11.6 Å². The van der Waals surface area contributed by atoms with Crippen molar-refractivity contribution in [3.63, 3.8) is 0 Å². The zero-order chi connectivity index (χ0) is 16.8. The highest BCUT2D eigenvalue weighted by Crippen LogP contribution is 2.18. The van der Waals surface area contributed by atoms with Crippen LogP contribution in [0.15, 0.2) is 43.0 Å². The summed E-state index contributed by atoms with van der Waals surface area (Å²) in [5.74, 6) is -0.0398. The monoisotopic (exact) mass is 312 g/mol. The Kier molecular flexibility index (Phi) is 5.71. The summed E-state index contributed by atoms with van der Waals surface area (Å²) in [6.45, 7) is 9.31. The van der Waals surface area contributed by atoms with E-state index < -0.39 is 0 Å². The molecule has 0 radical (unpaired) electrons. The van der Waals surface area contributed by atoms with Gasteiger partial charge in [-0.1, -0.05) is 36.4 Å². The Morgan fingerprint density at radius 1 is 1.35 bits per heavy atom. The molecule has 0 atom stereocenters. The molecule has 5 heteroatoms. The number of carbonyl (C=O) groups is 1. The summed E-state index contributed by atoms with van der Waals surface area (Å²) >= 11 is 0. The SMILES string of the molecule is C=CCN(CC(=O)Nc1c(C)nn(C)c1C)Cc1ccccc1. The van der Waals surface area contributed by atoms with Crippen molar-refractivity contribution in [3.8, 4) is 0 Å². The van der Waals surface area contributed by atoms with Crippen molar-refractivity contribution in [1.82, 2.24) is 14.7 Å². The van der Waals surface area contributed by atoms with Gasteiger partial charge in [0, 0.05) is 20.1 Å². The van der Waals surface area contributed by atoms with Crippen LogP contribution in [0.2, 0.25) is 0 Å². The molecule has 2 aromatic rings. The summed E-state index contributed by atoms with van der Waals surface area (Å²) in [4.78, 5) is 14.4. The summed E-state index contributed by atoms with van der Waals surface area (Å²) < 4.78 is 1.77. The first kappa shape index (κ1) is 17.0. The summed E-state index contributed by atoms with van der Waals surface area (Å²) in [6.07, 6.45) is 1.82. The number of rotatable bonds is 7. The van der Waals surface area contributed by atoms with Crippen molar-refractivity contribution in [1.29, 1.82) is 0 Å². The predicted molar refractivity (Wildman–Crippen MR) is 93.2 cm³/mol. The highest BCUT2D eigenvalue weighted by molar-refractivity contribution is 5.93. The van der Waals surface area contributed by atoms with Crippen molar-refractivity contribution in [2.75, 3.05) is 18.4 Å². The molecule has 0 aliphatic heterocycles. The molecule has 1 aromatic carbocycles. The molecule has 2 rings (SSSR count). The maximum Gasteiger partial charge on any atom is 0.238 e. The molecule has 0 unspecified atom stereocenters. The van der Waals surface area contributed by atoms with Crippen LogP contribution in [0.5, 0.6) is 0 Å². The molecular formula is C18H24N4O. The molecule has 0 spiro atoms. The number of aryl methyl sites for hydroxylation is 2. The van der Waals surface area contributed by atoms with Crippen LogP contribution < -0.4 is 5.32 Å². The highest BCUT2D eigenvalue weighted by Gasteiger charge is 2.15. The number of nitrogens with one attached hydrogen (secondary N) is 1. The molecular weight excluding hydrogens is 288 g/mol. The highest BCUT2D eigenvalue weighted by atomic mass is 16.2. The molecule has 1 amide bonds. The van der Waals surface area contributed by atoms with Crippen LogP contribution in [0.4, 0.5) is 5.69 Å². The van der Waals surface area contributed by atoms with Gasteiger partial charge in [0.1, 0.15) is 0 Å². The first-order chi connectivity index (χ1) is 11.0. The quantitative estimate of drug-likeness (QED) is 0.800. The van der Waals surface area contributed by atoms with Gasteiger partial charge in [-0.15, -0.1) is 6.58 Å². The maximum atomic E-state index is 12.4. The van der Waals surface area contributed by atoms with Crippen LogP contribution in [0, 0.1) is 13.8 Å². The average Bonchev–Trinajstić information content (AvgIpc) is 2.75. The van der Waals surface area contributed by atoms with E-state index in [0.717, 1.165) is 17.1 Å². The van der Waals surface area contributed by atoms with Crippen LogP contribution >= 0.6 is 0 Å². The van der Waals surface area contributed by atoms with E-state index in [9.17, 15) is 4.79 Å². The summed E-state index contributed by atoms with van der Waals surface area (Å²) in [7, 11) is 1.87. The number of amides is 1. The lowest BCUT2D eigenvalue weighted by Crippen LogP contribution is -2.33. The van der Waals surface area contributed by atoms with E-state index in [1.807, 2.05) is 45.2 Å². The molecule has 1 heterocycles. The number of hydrogen-bond acceptors (Lipinski definition) is 3. The van der Waals surface area contributed by atoms with Crippen LogP contribution in [-0.2, 0) is 18.4 Å². The van der Waals surface area contributed by atoms with Crippen molar-refractivity contribution in [2.45, 2.75) is 20.4 Å². The van der Waals surface area contributed by atoms with Gasteiger partial charge in [0.25, 0.3) is 0 Å². The molecule has 1 aromatic heterocycles. The minimum Gasteiger partial charge on any atom is -0.322 e. The van der Waals surface area contributed by atoms with Gasteiger partial charge in [0.2, 0.25) is 5.91 Å². The molecule has 1 N–H and O–H groups in total. The lowest BCUT2D eigenvalue weighted by molar-refractivity contribution is -0.117.